The lowest BCUT2D eigenvalue weighted by Crippen LogP contribution is -2.09. The molecule has 0 aliphatic carbocycles. The Bertz CT molecular complexity index is 857. The number of hydrogen-bond acceptors (Lipinski definition) is 6. The highest BCUT2D eigenvalue weighted by Gasteiger charge is 2.19. The van der Waals surface area contributed by atoms with Crippen molar-refractivity contribution in [2.45, 2.75) is 6.92 Å². The minimum atomic E-state index is -0.572. The summed E-state index contributed by atoms with van der Waals surface area (Å²) in [4.78, 5) is 12.1. The molecule has 1 N–H and O–H groups in total. The van der Waals surface area contributed by atoms with E-state index in [9.17, 15) is 4.79 Å². The van der Waals surface area contributed by atoms with E-state index in [-0.39, 0.29) is 23.6 Å². The zero-order valence-corrected chi connectivity index (χ0v) is 13.4. The largest absolute Gasteiger partial charge is 0.462 e. The molecule has 120 valence electrons. The van der Waals surface area contributed by atoms with Crippen LogP contribution in [0.25, 0.3) is 5.69 Å². The van der Waals surface area contributed by atoms with Gasteiger partial charge in [-0.25, -0.2) is 9.48 Å². The number of anilines is 1. The summed E-state index contributed by atoms with van der Waals surface area (Å²) in [5.41, 5.74) is 0.622. The molecule has 0 fully saturated rings. The van der Waals surface area contributed by atoms with Crippen molar-refractivity contribution in [3.63, 3.8) is 0 Å². The molecular weight excluding hydrogens is 330 g/mol. The van der Waals surface area contributed by atoms with Crippen LogP contribution >= 0.6 is 11.6 Å². The second-order valence-corrected chi connectivity index (χ2v) is 4.88. The number of esters is 1. The van der Waals surface area contributed by atoms with E-state index in [1.807, 2.05) is 0 Å². The lowest BCUT2D eigenvalue weighted by Gasteiger charge is -2.09. The maximum absolute atomic E-state index is 12.1. The second kappa shape index (κ2) is 7.82. The zero-order chi connectivity index (χ0) is 17.5. The molecule has 1 heterocycles. The molecule has 0 atom stereocenters. The van der Waals surface area contributed by atoms with Gasteiger partial charge in [0.1, 0.15) is 29.1 Å². The summed E-state index contributed by atoms with van der Waals surface area (Å²) < 4.78 is 6.42. The Morgan fingerprint density at radius 1 is 1.46 bits per heavy atom. The Hall–Kier alpha value is -3.29. The number of nitrogens with one attached hydrogen (secondary N) is 1. The van der Waals surface area contributed by atoms with Crippen LogP contribution in [0.1, 0.15) is 17.3 Å². The number of ether oxygens (including phenoxy) is 1. The molecular formula is C16H12ClN5O2. The van der Waals surface area contributed by atoms with Gasteiger partial charge >= 0.3 is 5.97 Å². The van der Waals surface area contributed by atoms with Crippen LogP contribution < -0.4 is 5.32 Å². The first kappa shape index (κ1) is 17.1. The zero-order valence-electron chi connectivity index (χ0n) is 12.7. The van der Waals surface area contributed by atoms with Crippen molar-refractivity contribution in [3.8, 4) is 17.8 Å². The van der Waals surface area contributed by atoms with Gasteiger partial charge < -0.3 is 10.1 Å². The van der Waals surface area contributed by atoms with Crippen LogP contribution in [-0.4, -0.2) is 22.4 Å². The summed E-state index contributed by atoms with van der Waals surface area (Å²) in [6.07, 6.45) is 2.54. The van der Waals surface area contributed by atoms with Gasteiger partial charge in [-0.3, -0.25) is 0 Å². The van der Waals surface area contributed by atoms with Crippen molar-refractivity contribution in [2.75, 3.05) is 11.9 Å². The van der Waals surface area contributed by atoms with Crippen LogP contribution in [0.4, 0.5) is 5.82 Å². The highest BCUT2D eigenvalue weighted by atomic mass is 35.5. The van der Waals surface area contributed by atoms with Crippen LogP contribution in [0.5, 0.6) is 0 Å². The molecule has 0 bridgehead atoms. The monoisotopic (exact) mass is 341 g/mol. The third-order valence-corrected chi connectivity index (χ3v) is 3.15. The first-order chi connectivity index (χ1) is 11.6. The molecule has 0 saturated heterocycles. The van der Waals surface area contributed by atoms with Gasteiger partial charge in [0.15, 0.2) is 0 Å². The van der Waals surface area contributed by atoms with Crippen molar-refractivity contribution in [2.24, 2.45) is 0 Å². The Labute approximate surface area is 143 Å². The predicted molar refractivity (Wildman–Crippen MR) is 87.5 cm³/mol. The summed E-state index contributed by atoms with van der Waals surface area (Å²) in [6.45, 7) is 1.90. The second-order valence-electron chi connectivity index (χ2n) is 4.44. The highest BCUT2D eigenvalue weighted by Crippen LogP contribution is 2.23. The number of allylic oxidation sites excluding steroid dienone is 1. The molecule has 0 unspecified atom stereocenters. The molecule has 0 saturated carbocycles. The van der Waals surface area contributed by atoms with Crippen LogP contribution in [0.3, 0.4) is 0 Å². The van der Waals surface area contributed by atoms with Gasteiger partial charge in [-0.15, -0.1) is 0 Å². The van der Waals surface area contributed by atoms with E-state index in [1.54, 1.807) is 43.3 Å². The number of nitrogens with zero attached hydrogens (tertiary/aromatic N) is 4. The molecule has 8 heteroatoms. The minimum Gasteiger partial charge on any atom is -0.462 e. The van der Waals surface area contributed by atoms with Crippen molar-refractivity contribution < 1.29 is 9.53 Å². The average Bonchev–Trinajstić information content (AvgIpc) is 3.00. The van der Waals surface area contributed by atoms with Gasteiger partial charge in [0, 0.05) is 11.2 Å². The Kier molecular flexibility index (Phi) is 5.56. The van der Waals surface area contributed by atoms with E-state index in [4.69, 9.17) is 26.9 Å². The van der Waals surface area contributed by atoms with E-state index >= 15 is 0 Å². The molecule has 0 amide bonds. The number of hydrogen-bond donors (Lipinski definition) is 1. The maximum atomic E-state index is 12.1. The number of carbonyl (C=O) groups is 1. The van der Waals surface area contributed by atoms with Crippen LogP contribution in [0.2, 0.25) is 5.02 Å². The normalized spacial score (nSPS) is 9.50. The molecule has 1 aromatic carbocycles. The van der Waals surface area contributed by atoms with E-state index in [0.717, 1.165) is 0 Å². The molecule has 0 aliphatic heterocycles. The molecule has 7 nitrogen and oxygen atoms in total. The van der Waals surface area contributed by atoms with E-state index < -0.39 is 5.97 Å². The number of benzene rings is 1. The SMILES string of the molecule is CCOC(=O)c1cnn(-c2cccc(Cl)c2)c1NC=C(C#N)C#N. The first-order valence-corrected chi connectivity index (χ1v) is 7.26. The van der Waals surface area contributed by atoms with Gasteiger partial charge in [0.25, 0.3) is 0 Å². The summed E-state index contributed by atoms with van der Waals surface area (Å²) in [5.74, 6) is -0.309. The summed E-state index contributed by atoms with van der Waals surface area (Å²) in [5, 5.41) is 25.1. The molecule has 2 aromatic rings. The summed E-state index contributed by atoms with van der Waals surface area (Å²) in [6, 6.07) is 10.3. The van der Waals surface area contributed by atoms with Gasteiger partial charge in [-0.1, -0.05) is 17.7 Å². The van der Waals surface area contributed by atoms with Crippen molar-refractivity contribution >= 4 is 23.4 Å². The van der Waals surface area contributed by atoms with Gasteiger partial charge in [0.2, 0.25) is 0 Å². The molecule has 1 aromatic heterocycles. The number of nitriles is 2. The van der Waals surface area contributed by atoms with Crippen molar-refractivity contribution in [3.05, 3.63) is 52.8 Å². The fourth-order valence-electron chi connectivity index (χ4n) is 1.88. The highest BCUT2D eigenvalue weighted by molar-refractivity contribution is 6.30. The summed E-state index contributed by atoms with van der Waals surface area (Å²) in [7, 11) is 0. The van der Waals surface area contributed by atoms with Crippen LogP contribution in [0, 0.1) is 22.7 Å². The van der Waals surface area contributed by atoms with Gasteiger partial charge in [-0.2, -0.15) is 15.6 Å². The lowest BCUT2D eigenvalue weighted by molar-refractivity contribution is 0.0527. The van der Waals surface area contributed by atoms with Crippen molar-refractivity contribution in [1.29, 1.82) is 10.5 Å². The third-order valence-electron chi connectivity index (χ3n) is 2.91. The van der Waals surface area contributed by atoms with Gasteiger partial charge in [0.05, 0.1) is 18.5 Å². The van der Waals surface area contributed by atoms with Crippen molar-refractivity contribution in [1.82, 2.24) is 9.78 Å². The fraction of sp³-hybridized carbons (Fsp3) is 0.125. The molecule has 2 rings (SSSR count). The standard InChI is InChI=1S/C16H12ClN5O2/c1-2-24-16(23)14-10-21-22(13-5-3-4-12(17)6-13)15(14)20-9-11(7-18)8-19/h3-6,9-10,20H,2H2,1H3. The van der Waals surface area contributed by atoms with Crippen LogP contribution in [-0.2, 0) is 4.74 Å². The third kappa shape index (κ3) is 3.72. The average molecular weight is 342 g/mol. The maximum Gasteiger partial charge on any atom is 0.343 e. The smallest absolute Gasteiger partial charge is 0.343 e. The van der Waals surface area contributed by atoms with Crippen LogP contribution in [0.15, 0.2) is 42.2 Å². The van der Waals surface area contributed by atoms with E-state index in [2.05, 4.69) is 10.4 Å². The molecule has 0 spiro atoms. The number of rotatable bonds is 5. The number of aromatic nitrogens is 2. The quantitative estimate of drug-likeness (QED) is 0.662. The molecule has 0 aliphatic rings. The summed E-state index contributed by atoms with van der Waals surface area (Å²) >= 11 is 5.99. The Morgan fingerprint density at radius 2 is 2.21 bits per heavy atom. The minimum absolute atomic E-state index is 0.149. The Morgan fingerprint density at radius 3 is 2.83 bits per heavy atom. The van der Waals surface area contributed by atoms with Gasteiger partial charge in [-0.05, 0) is 25.1 Å². The van der Waals surface area contributed by atoms with E-state index in [1.165, 1.54) is 17.1 Å². The Balaban J connectivity index is 2.52. The fourth-order valence-corrected chi connectivity index (χ4v) is 2.06. The number of carbonyl (C=O) groups excluding carboxylic acids is 1. The van der Waals surface area contributed by atoms with E-state index in [0.29, 0.717) is 10.7 Å². The number of halogens is 1. The topological polar surface area (TPSA) is 104 Å². The molecule has 24 heavy (non-hydrogen) atoms. The molecule has 0 radical (unpaired) electrons. The lowest BCUT2D eigenvalue weighted by atomic mass is 10.3. The predicted octanol–water partition coefficient (Wildman–Crippen LogP) is 3.05. The first-order valence-electron chi connectivity index (χ1n) is 6.88.